The van der Waals surface area contributed by atoms with Crippen LogP contribution < -0.4 is 5.32 Å². The van der Waals surface area contributed by atoms with E-state index in [0.717, 1.165) is 18.4 Å². The fourth-order valence-corrected chi connectivity index (χ4v) is 2.13. The van der Waals surface area contributed by atoms with Crippen LogP contribution in [0.4, 0.5) is 0 Å². The summed E-state index contributed by atoms with van der Waals surface area (Å²) in [6.45, 7) is 4.32. The molecule has 0 aliphatic carbocycles. The van der Waals surface area contributed by atoms with Gasteiger partial charge in [-0.2, -0.15) is 0 Å². The van der Waals surface area contributed by atoms with E-state index in [2.05, 4.69) is 5.32 Å². The number of carboxylic acid groups (broad SMARTS) is 1. The largest absolute Gasteiger partial charge is 0.481 e. The molecule has 19 heavy (non-hydrogen) atoms. The van der Waals surface area contributed by atoms with Gasteiger partial charge in [0, 0.05) is 12.1 Å². The first-order valence-electron chi connectivity index (χ1n) is 6.72. The molecule has 0 aromatic heterocycles. The fourth-order valence-electron chi connectivity index (χ4n) is 2.13. The highest BCUT2D eigenvalue weighted by molar-refractivity contribution is 5.76. The van der Waals surface area contributed by atoms with E-state index < -0.39 is 11.9 Å². The molecule has 4 heteroatoms. The van der Waals surface area contributed by atoms with Gasteiger partial charge in [-0.1, -0.05) is 44.2 Å². The van der Waals surface area contributed by atoms with E-state index in [1.807, 2.05) is 44.2 Å². The van der Waals surface area contributed by atoms with Crippen molar-refractivity contribution < 1.29 is 15.0 Å². The van der Waals surface area contributed by atoms with Gasteiger partial charge in [-0.25, -0.2) is 0 Å². The lowest BCUT2D eigenvalue weighted by atomic mass is 9.91. The molecule has 106 valence electrons. The second-order valence-corrected chi connectivity index (χ2v) is 4.83. The number of carbonyl (C=O) groups is 1. The molecule has 0 saturated carbocycles. The summed E-state index contributed by atoms with van der Waals surface area (Å²) >= 11 is 0. The van der Waals surface area contributed by atoms with E-state index in [1.54, 1.807) is 0 Å². The maximum atomic E-state index is 11.4. The Morgan fingerprint density at radius 2 is 1.84 bits per heavy atom. The summed E-state index contributed by atoms with van der Waals surface area (Å²) in [7, 11) is 0. The van der Waals surface area contributed by atoms with Crippen molar-refractivity contribution in [1.29, 1.82) is 0 Å². The summed E-state index contributed by atoms with van der Waals surface area (Å²) in [6.07, 6.45) is 1.53. The van der Waals surface area contributed by atoms with Crippen molar-refractivity contribution in [3.8, 4) is 0 Å². The molecular formula is C15H23NO3. The molecule has 1 atom stereocenters. The third-order valence-electron chi connectivity index (χ3n) is 3.84. The van der Waals surface area contributed by atoms with Crippen LogP contribution in [0.5, 0.6) is 0 Å². The number of aliphatic hydroxyl groups is 1. The molecule has 0 aliphatic heterocycles. The quantitative estimate of drug-likeness (QED) is 0.672. The van der Waals surface area contributed by atoms with Crippen molar-refractivity contribution in [2.45, 2.75) is 38.1 Å². The number of rotatable bonds is 8. The maximum absolute atomic E-state index is 11.4. The van der Waals surface area contributed by atoms with E-state index in [1.165, 1.54) is 0 Å². The van der Waals surface area contributed by atoms with E-state index in [0.29, 0.717) is 6.54 Å². The zero-order chi connectivity index (χ0) is 14.3. The van der Waals surface area contributed by atoms with Crippen LogP contribution in [0.3, 0.4) is 0 Å². The summed E-state index contributed by atoms with van der Waals surface area (Å²) in [6, 6.07) is 9.18. The van der Waals surface area contributed by atoms with Gasteiger partial charge >= 0.3 is 5.97 Å². The Morgan fingerprint density at radius 3 is 2.26 bits per heavy atom. The summed E-state index contributed by atoms with van der Waals surface area (Å²) < 4.78 is 0. The second kappa shape index (κ2) is 7.26. The van der Waals surface area contributed by atoms with Gasteiger partial charge in [0.05, 0.1) is 12.5 Å². The molecule has 1 rings (SSSR count). The molecule has 0 aliphatic rings. The second-order valence-electron chi connectivity index (χ2n) is 4.83. The van der Waals surface area contributed by atoms with Crippen LogP contribution in [0, 0.1) is 0 Å². The van der Waals surface area contributed by atoms with Gasteiger partial charge in [0.2, 0.25) is 0 Å². The lowest BCUT2D eigenvalue weighted by Crippen LogP contribution is -2.49. The van der Waals surface area contributed by atoms with Crippen LogP contribution in [0.15, 0.2) is 30.3 Å². The first-order chi connectivity index (χ1) is 9.08. The molecule has 0 heterocycles. The molecule has 3 N–H and O–H groups in total. The topological polar surface area (TPSA) is 69.6 Å². The van der Waals surface area contributed by atoms with Gasteiger partial charge in [0.15, 0.2) is 0 Å². The minimum atomic E-state index is -0.849. The highest BCUT2D eigenvalue weighted by Crippen LogP contribution is 2.19. The molecule has 0 saturated heterocycles. The summed E-state index contributed by atoms with van der Waals surface area (Å²) in [4.78, 5) is 11.4. The maximum Gasteiger partial charge on any atom is 0.312 e. The monoisotopic (exact) mass is 265 g/mol. The summed E-state index contributed by atoms with van der Waals surface area (Å²) in [5, 5.41) is 22.1. The van der Waals surface area contributed by atoms with Crippen molar-refractivity contribution in [2.75, 3.05) is 13.2 Å². The Hall–Kier alpha value is -1.39. The van der Waals surface area contributed by atoms with Crippen molar-refractivity contribution in [1.82, 2.24) is 5.32 Å². The van der Waals surface area contributed by atoms with Gasteiger partial charge in [-0.15, -0.1) is 0 Å². The SMILES string of the molecule is CCC(CC)(CO)NCC(C(=O)O)c1ccccc1. The van der Waals surface area contributed by atoms with Gasteiger partial charge in [0.25, 0.3) is 0 Å². The van der Waals surface area contributed by atoms with Gasteiger partial charge < -0.3 is 15.5 Å². The van der Waals surface area contributed by atoms with E-state index in [9.17, 15) is 15.0 Å². The summed E-state index contributed by atoms with van der Waals surface area (Å²) in [5.74, 6) is -1.44. The lowest BCUT2D eigenvalue weighted by Gasteiger charge is -2.32. The number of nitrogens with one attached hydrogen (secondary N) is 1. The third-order valence-corrected chi connectivity index (χ3v) is 3.84. The van der Waals surface area contributed by atoms with Crippen LogP contribution in [-0.2, 0) is 4.79 Å². The normalized spacial score (nSPS) is 13.2. The van der Waals surface area contributed by atoms with Crippen molar-refractivity contribution in [3.05, 3.63) is 35.9 Å². The molecule has 1 aromatic carbocycles. The van der Waals surface area contributed by atoms with E-state index >= 15 is 0 Å². The van der Waals surface area contributed by atoms with Crippen LogP contribution in [-0.4, -0.2) is 34.9 Å². The summed E-state index contributed by atoms with van der Waals surface area (Å²) in [5.41, 5.74) is 0.393. The standard InChI is InChI=1S/C15H23NO3/c1-3-15(4-2,11-17)16-10-13(14(18)19)12-8-6-5-7-9-12/h5-9,13,16-17H,3-4,10-11H2,1-2H3,(H,18,19). The van der Waals surface area contributed by atoms with Crippen molar-refractivity contribution >= 4 is 5.97 Å². The zero-order valence-corrected chi connectivity index (χ0v) is 11.6. The third kappa shape index (κ3) is 4.04. The Kier molecular flexibility index (Phi) is 5.99. The number of hydrogen-bond donors (Lipinski definition) is 3. The van der Waals surface area contributed by atoms with Gasteiger partial charge in [-0.3, -0.25) is 4.79 Å². The predicted molar refractivity (Wildman–Crippen MR) is 75.2 cm³/mol. The van der Waals surface area contributed by atoms with Crippen LogP contribution in [0.25, 0.3) is 0 Å². The smallest absolute Gasteiger partial charge is 0.312 e. The van der Waals surface area contributed by atoms with Gasteiger partial charge in [-0.05, 0) is 18.4 Å². The minimum Gasteiger partial charge on any atom is -0.481 e. The van der Waals surface area contributed by atoms with Crippen molar-refractivity contribution in [2.24, 2.45) is 0 Å². The minimum absolute atomic E-state index is 0.0150. The lowest BCUT2D eigenvalue weighted by molar-refractivity contribution is -0.138. The Labute approximate surface area is 114 Å². The number of aliphatic hydroxyl groups excluding tert-OH is 1. The Bertz CT molecular complexity index is 379. The van der Waals surface area contributed by atoms with Gasteiger partial charge in [0.1, 0.15) is 0 Å². The molecule has 0 amide bonds. The predicted octanol–water partition coefficient (Wildman–Crippen LogP) is 2.00. The first kappa shape index (κ1) is 15.7. The number of carboxylic acids is 1. The molecule has 0 radical (unpaired) electrons. The van der Waals surface area contributed by atoms with E-state index in [-0.39, 0.29) is 12.1 Å². The Balaban J connectivity index is 2.78. The van der Waals surface area contributed by atoms with Crippen LogP contribution in [0.1, 0.15) is 38.2 Å². The zero-order valence-electron chi connectivity index (χ0n) is 11.6. The average Bonchev–Trinajstić information content (AvgIpc) is 2.45. The molecular weight excluding hydrogens is 242 g/mol. The van der Waals surface area contributed by atoms with Crippen molar-refractivity contribution in [3.63, 3.8) is 0 Å². The number of aliphatic carboxylic acids is 1. The van der Waals surface area contributed by atoms with Crippen LogP contribution >= 0.6 is 0 Å². The number of benzene rings is 1. The molecule has 1 unspecified atom stereocenters. The first-order valence-corrected chi connectivity index (χ1v) is 6.72. The van der Waals surface area contributed by atoms with E-state index in [4.69, 9.17) is 0 Å². The fraction of sp³-hybridized carbons (Fsp3) is 0.533. The molecule has 4 nitrogen and oxygen atoms in total. The highest BCUT2D eigenvalue weighted by atomic mass is 16.4. The molecule has 1 aromatic rings. The average molecular weight is 265 g/mol. The number of hydrogen-bond acceptors (Lipinski definition) is 3. The molecule has 0 fully saturated rings. The molecule has 0 bridgehead atoms. The highest BCUT2D eigenvalue weighted by Gasteiger charge is 2.28. The molecule has 0 spiro atoms. The Morgan fingerprint density at radius 1 is 1.26 bits per heavy atom. The van der Waals surface area contributed by atoms with Crippen LogP contribution in [0.2, 0.25) is 0 Å².